The number of aromatic nitrogens is 3. The van der Waals surface area contributed by atoms with Gasteiger partial charge in [-0.3, -0.25) is 14.6 Å². The van der Waals surface area contributed by atoms with E-state index in [-0.39, 0.29) is 23.2 Å². The Kier molecular flexibility index (Phi) is 7.26. The van der Waals surface area contributed by atoms with Crippen LogP contribution in [-0.4, -0.2) is 55.3 Å². The number of aliphatic hydroxyl groups is 1. The van der Waals surface area contributed by atoms with Crippen molar-refractivity contribution in [3.05, 3.63) is 95.1 Å². The molecule has 0 radical (unpaired) electrons. The van der Waals surface area contributed by atoms with Crippen LogP contribution in [0.2, 0.25) is 0 Å². The number of carbonyl (C=O) groups is 2. The first-order valence-corrected chi connectivity index (χ1v) is 14.1. The second-order valence-corrected chi connectivity index (χ2v) is 11.4. The summed E-state index contributed by atoms with van der Waals surface area (Å²) in [5.74, 6) is -1.66. The molecule has 0 saturated carbocycles. The molecule has 0 spiro atoms. The number of aryl methyl sites for hydroxylation is 1. The van der Waals surface area contributed by atoms with Crippen molar-refractivity contribution in [2.75, 3.05) is 5.32 Å². The number of nitrogens with one attached hydrogen (secondary N) is 2. The summed E-state index contributed by atoms with van der Waals surface area (Å²) in [6, 6.07) is 17.1. The van der Waals surface area contributed by atoms with E-state index in [2.05, 4.69) is 25.7 Å². The Balaban J connectivity index is 1.39. The first-order valence-electron chi connectivity index (χ1n) is 14.1. The summed E-state index contributed by atoms with van der Waals surface area (Å²) in [5, 5.41) is 20.2. The van der Waals surface area contributed by atoms with E-state index >= 15 is 0 Å². The largest absolute Gasteiger partial charge is 0.474 e. The van der Waals surface area contributed by atoms with Gasteiger partial charge >= 0.3 is 0 Å². The Hall–Kier alpha value is -4.90. The summed E-state index contributed by atoms with van der Waals surface area (Å²) >= 11 is 0. The van der Waals surface area contributed by atoms with Crippen molar-refractivity contribution >= 4 is 23.2 Å². The van der Waals surface area contributed by atoms with Gasteiger partial charge in [0.1, 0.15) is 17.1 Å². The molecule has 0 unspecified atom stereocenters. The number of para-hydroxylation sites is 1. The van der Waals surface area contributed by atoms with Crippen molar-refractivity contribution in [2.24, 2.45) is 4.99 Å². The molecule has 4 heterocycles. The Bertz CT molecular complexity index is 1730. The van der Waals surface area contributed by atoms with Crippen LogP contribution in [0.25, 0.3) is 11.3 Å². The van der Waals surface area contributed by atoms with E-state index in [0.717, 1.165) is 0 Å². The zero-order valence-corrected chi connectivity index (χ0v) is 24.0. The monoisotopic (exact) mass is 582 g/mol. The summed E-state index contributed by atoms with van der Waals surface area (Å²) in [7, 11) is 0. The normalized spacial score (nSPS) is 18.0. The third-order valence-corrected chi connectivity index (χ3v) is 7.24. The highest BCUT2D eigenvalue weighted by atomic mass is 19.1. The van der Waals surface area contributed by atoms with Crippen LogP contribution in [0.4, 0.5) is 10.1 Å². The van der Waals surface area contributed by atoms with Gasteiger partial charge < -0.3 is 20.5 Å². The maximum absolute atomic E-state index is 14.9. The third kappa shape index (κ3) is 5.76. The van der Waals surface area contributed by atoms with Gasteiger partial charge in [0.05, 0.1) is 23.1 Å². The number of benzene rings is 2. The summed E-state index contributed by atoms with van der Waals surface area (Å²) < 4.78 is 22.6. The van der Waals surface area contributed by atoms with E-state index < -0.39 is 29.4 Å². The molecule has 2 amide bonds. The lowest BCUT2D eigenvalue weighted by Crippen LogP contribution is -2.42. The lowest BCUT2D eigenvalue weighted by atomic mass is 10.0. The minimum absolute atomic E-state index is 0.00941. The van der Waals surface area contributed by atoms with Crippen LogP contribution in [0.15, 0.2) is 71.9 Å². The van der Waals surface area contributed by atoms with E-state index in [4.69, 9.17) is 4.74 Å². The summed E-state index contributed by atoms with van der Waals surface area (Å²) in [6.07, 6.45) is 1.11. The predicted molar refractivity (Wildman–Crippen MR) is 159 cm³/mol. The van der Waals surface area contributed by atoms with E-state index in [0.29, 0.717) is 53.2 Å². The number of carbonyl (C=O) groups excluding carboxylic acids is 2. The van der Waals surface area contributed by atoms with E-state index in [1.54, 1.807) is 61.1 Å². The van der Waals surface area contributed by atoms with Crippen LogP contribution < -0.4 is 15.4 Å². The van der Waals surface area contributed by atoms with Crippen LogP contribution in [-0.2, 0) is 17.8 Å². The van der Waals surface area contributed by atoms with Crippen molar-refractivity contribution in [1.29, 1.82) is 0 Å². The number of nitrogens with zero attached hydrogens (tertiary/aromatic N) is 4. The Morgan fingerprint density at radius 2 is 1.93 bits per heavy atom. The lowest BCUT2D eigenvalue weighted by Gasteiger charge is -2.22. The summed E-state index contributed by atoms with van der Waals surface area (Å²) in [4.78, 5) is 36.5. The zero-order chi connectivity index (χ0) is 30.3. The van der Waals surface area contributed by atoms with Gasteiger partial charge in [0.15, 0.2) is 0 Å². The fourth-order valence-electron chi connectivity index (χ4n) is 5.21. The number of halogens is 1. The van der Waals surface area contributed by atoms with Crippen molar-refractivity contribution in [2.45, 2.75) is 58.0 Å². The smallest absolute Gasteiger partial charge is 0.269 e. The number of rotatable bonds is 6. The number of pyridine rings is 1. The molecule has 4 aromatic rings. The third-order valence-electron chi connectivity index (χ3n) is 7.24. The molecule has 0 aliphatic carbocycles. The minimum atomic E-state index is -1.38. The second-order valence-electron chi connectivity index (χ2n) is 11.4. The SMILES string of the molecule is C[C@@H]1CCn2nc(-c3ccc(CC(C)(C)O)nc3)c(C(=O)N[C@H]3N=C(c4ccccc4)c4cccc(F)c4NC3=O)c2O1. The van der Waals surface area contributed by atoms with Crippen LogP contribution in [0.1, 0.15) is 54.4 Å². The number of anilines is 1. The maximum Gasteiger partial charge on any atom is 0.269 e. The van der Waals surface area contributed by atoms with Crippen molar-refractivity contribution < 1.29 is 23.8 Å². The van der Waals surface area contributed by atoms with Gasteiger partial charge in [0.2, 0.25) is 12.0 Å². The van der Waals surface area contributed by atoms with Gasteiger partial charge in [-0.25, -0.2) is 14.1 Å². The molecular formula is C32H31FN6O4. The van der Waals surface area contributed by atoms with Crippen LogP contribution >= 0.6 is 0 Å². The van der Waals surface area contributed by atoms with Crippen LogP contribution in [0.3, 0.4) is 0 Å². The van der Waals surface area contributed by atoms with Crippen molar-refractivity contribution in [3.63, 3.8) is 0 Å². The molecule has 0 bridgehead atoms. The molecule has 0 fully saturated rings. The average molecular weight is 583 g/mol. The molecule has 10 nitrogen and oxygen atoms in total. The molecule has 3 N–H and O–H groups in total. The van der Waals surface area contributed by atoms with Crippen molar-refractivity contribution in [1.82, 2.24) is 20.1 Å². The highest BCUT2D eigenvalue weighted by Crippen LogP contribution is 2.34. The predicted octanol–water partition coefficient (Wildman–Crippen LogP) is 4.11. The van der Waals surface area contributed by atoms with Crippen LogP contribution in [0.5, 0.6) is 5.88 Å². The van der Waals surface area contributed by atoms with Gasteiger partial charge in [-0.1, -0.05) is 42.5 Å². The quantitative estimate of drug-likeness (QED) is 0.314. The number of benzodiazepines with no additional fused rings is 1. The molecule has 0 saturated heterocycles. The number of amides is 2. The van der Waals surface area contributed by atoms with Gasteiger partial charge in [-0.2, -0.15) is 5.10 Å². The molecule has 220 valence electrons. The number of hydrogen-bond acceptors (Lipinski definition) is 7. The highest BCUT2D eigenvalue weighted by Gasteiger charge is 2.34. The molecule has 2 atom stereocenters. The number of ether oxygens (including phenoxy) is 1. The van der Waals surface area contributed by atoms with Gasteiger partial charge in [-0.05, 0) is 39.0 Å². The van der Waals surface area contributed by atoms with Crippen LogP contribution in [0, 0.1) is 5.82 Å². The van der Waals surface area contributed by atoms with Gasteiger partial charge in [0.25, 0.3) is 11.8 Å². The van der Waals surface area contributed by atoms with E-state index in [9.17, 15) is 19.1 Å². The van der Waals surface area contributed by atoms with Gasteiger partial charge in [0, 0.05) is 48.0 Å². The maximum atomic E-state index is 14.9. The number of aliphatic imine (C=N–C) groups is 1. The highest BCUT2D eigenvalue weighted by molar-refractivity contribution is 6.20. The number of hydrogen-bond donors (Lipinski definition) is 3. The molecule has 11 heteroatoms. The first-order chi connectivity index (χ1) is 20.6. The Morgan fingerprint density at radius 3 is 2.65 bits per heavy atom. The zero-order valence-electron chi connectivity index (χ0n) is 24.0. The number of fused-ring (bicyclic) bond motifs is 2. The Morgan fingerprint density at radius 1 is 1.14 bits per heavy atom. The standard InChI is InChI=1S/C32H31FN6O4/c1-18-14-15-39-31(43-18)24(26(38-39)20-12-13-21(34-17-20)16-32(2,3)42)29(40)37-28-30(41)36-27-22(10-7-11-23(27)33)25(35-28)19-8-5-4-6-9-19/h4-13,17-18,28,42H,14-16H2,1-3H3,(H,36,41)(H,37,40)/t18-,28-/m1/s1. The molecule has 2 aromatic carbocycles. The van der Waals surface area contributed by atoms with E-state index in [1.807, 2.05) is 25.1 Å². The van der Waals surface area contributed by atoms with Crippen molar-refractivity contribution in [3.8, 4) is 17.1 Å². The Labute approximate surface area is 247 Å². The molecule has 2 aliphatic rings. The fraction of sp³-hybridized carbons (Fsp3) is 0.281. The lowest BCUT2D eigenvalue weighted by molar-refractivity contribution is -0.117. The topological polar surface area (TPSA) is 131 Å². The van der Waals surface area contributed by atoms with Gasteiger partial charge in [-0.15, -0.1) is 0 Å². The molecule has 2 aromatic heterocycles. The fourth-order valence-corrected chi connectivity index (χ4v) is 5.21. The first kappa shape index (κ1) is 28.2. The second kappa shape index (κ2) is 11.1. The summed E-state index contributed by atoms with van der Waals surface area (Å²) in [6.45, 7) is 5.85. The molecule has 6 rings (SSSR count). The molecule has 2 aliphatic heterocycles. The van der Waals surface area contributed by atoms with E-state index in [1.165, 1.54) is 6.07 Å². The molecule has 43 heavy (non-hydrogen) atoms. The summed E-state index contributed by atoms with van der Waals surface area (Å²) in [5.41, 5.74) is 2.18. The minimum Gasteiger partial charge on any atom is -0.474 e. The average Bonchev–Trinajstić information content (AvgIpc) is 3.28. The molecular weight excluding hydrogens is 551 g/mol.